The highest BCUT2D eigenvalue weighted by Gasteiger charge is 2.18. The minimum Gasteiger partial charge on any atom is -0.507 e. The highest BCUT2D eigenvalue weighted by Crippen LogP contribution is 2.33. The molecule has 0 aliphatic heterocycles. The number of benzene rings is 1. The largest absolute Gasteiger partial charge is 0.507 e. The number of furan rings is 1. The van der Waals surface area contributed by atoms with Gasteiger partial charge in [0.05, 0.1) is 22.1 Å². The van der Waals surface area contributed by atoms with Gasteiger partial charge >= 0.3 is 0 Å². The van der Waals surface area contributed by atoms with Crippen LogP contribution < -0.4 is 0 Å². The fourth-order valence-corrected chi connectivity index (χ4v) is 2.68. The van der Waals surface area contributed by atoms with Crippen LogP contribution in [0.2, 0.25) is 0 Å². The summed E-state index contributed by atoms with van der Waals surface area (Å²) < 4.78 is 5.40. The van der Waals surface area contributed by atoms with Gasteiger partial charge in [0.2, 0.25) is 5.78 Å². The van der Waals surface area contributed by atoms with Crippen molar-refractivity contribution in [3.8, 4) is 5.75 Å². The molecule has 0 spiro atoms. The Bertz CT molecular complexity index is 723. The van der Waals surface area contributed by atoms with Crippen LogP contribution in [0.15, 0.2) is 40.3 Å². The van der Waals surface area contributed by atoms with E-state index in [0.717, 1.165) is 5.56 Å². The third-order valence-electron chi connectivity index (χ3n) is 2.87. The fourth-order valence-electron chi connectivity index (χ4n) is 2.00. The predicted octanol–water partition coefficient (Wildman–Crippen LogP) is 3.74. The first-order chi connectivity index (χ1) is 8.68. The third kappa shape index (κ3) is 1.54. The number of aryl methyl sites for hydroxylation is 1. The lowest BCUT2D eigenvalue weighted by Crippen LogP contribution is -1.98. The lowest BCUT2D eigenvalue weighted by molar-refractivity contribution is 0.104. The van der Waals surface area contributed by atoms with Crippen molar-refractivity contribution in [1.29, 1.82) is 0 Å². The average molecular weight is 258 g/mol. The minimum atomic E-state index is -0.0793. The molecule has 18 heavy (non-hydrogen) atoms. The zero-order chi connectivity index (χ0) is 12.7. The monoisotopic (exact) mass is 258 g/mol. The highest BCUT2D eigenvalue weighted by atomic mass is 32.1. The van der Waals surface area contributed by atoms with E-state index in [1.165, 1.54) is 17.4 Å². The normalized spacial score (nSPS) is 10.9. The van der Waals surface area contributed by atoms with Crippen LogP contribution in [0, 0.1) is 6.92 Å². The van der Waals surface area contributed by atoms with Crippen molar-refractivity contribution in [3.05, 3.63) is 51.9 Å². The maximum Gasteiger partial charge on any atom is 0.206 e. The van der Waals surface area contributed by atoms with Crippen LogP contribution in [0.25, 0.3) is 11.0 Å². The SMILES string of the molecule is Cc1coc2c(C(=O)c3cccs3)ccc(O)c12. The number of ketones is 1. The molecule has 0 amide bonds. The number of phenolic OH excluding ortho intramolecular Hbond substituents is 1. The van der Waals surface area contributed by atoms with Gasteiger partial charge in [0, 0.05) is 0 Å². The molecular weight excluding hydrogens is 248 g/mol. The Hall–Kier alpha value is -2.07. The molecule has 0 aliphatic carbocycles. The second-order valence-corrected chi connectivity index (χ2v) is 5.01. The molecule has 1 N–H and O–H groups in total. The number of carbonyl (C=O) groups excluding carboxylic acids is 1. The second kappa shape index (κ2) is 3.99. The number of fused-ring (bicyclic) bond motifs is 1. The van der Waals surface area contributed by atoms with Gasteiger partial charge in [0.25, 0.3) is 0 Å². The molecule has 90 valence electrons. The Kier molecular flexibility index (Phi) is 2.45. The summed E-state index contributed by atoms with van der Waals surface area (Å²) >= 11 is 1.39. The standard InChI is InChI=1S/C14H10O3S/c1-8-7-17-14-9(4-5-10(15)12(8)14)13(16)11-3-2-6-18-11/h2-7,15H,1H3. The van der Waals surface area contributed by atoms with Gasteiger partial charge in [-0.25, -0.2) is 0 Å². The molecule has 0 saturated heterocycles. The number of carbonyl (C=O) groups is 1. The van der Waals surface area contributed by atoms with Gasteiger partial charge in [0.15, 0.2) is 0 Å². The van der Waals surface area contributed by atoms with E-state index >= 15 is 0 Å². The predicted molar refractivity (Wildman–Crippen MR) is 70.4 cm³/mol. The van der Waals surface area contributed by atoms with Gasteiger partial charge in [-0.15, -0.1) is 11.3 Å². The number of hydrogen-bond donors (Lipinski definition) is 1. The van der Waals surface area contributed by atoms with Crippen LogP contribution in [-0.2, 0) is 0 Å². The third-order valence-corrected chi connectivity index (χ3v) is 3.74. The maximum absolute atomic E-state index is 12.3. The van der Waals surface area contributed by atoms with Gasteiger partial charge in [0.1, 0.15) is 11.3 Å². The minimum absolute atomic E-state index is 0.0793. The number of hydrogen-bond acceptors (Lipinski definition) is 4. The van der Waals surface area contributed by atoms with E-state index in [2.05, 4.69) is 0 Å². The first kappa shape index (κ1) is 11.0. The van der Waals surface area contributed by atoms with Gasteiger partial charge in [-0.1, -0.05) is 6.07 Å². The Labute approximate surface area is 107 Å². The summed E-state index contributed by atoms with van der Waals surface area (Å²) in [5, 5.41) is 12.3. The first-order valence-corrected chi connectivity index (χ1v) is 6.34. The van der Waals surface area contributed by atoms with E-state index < -0.39 is 0 Å². The Morgan fingerprint density at radius 3 is 2.89 bits per heavy atom. The van der Waals surface area contributed by atoms with Crippen LogP contribution in [0.4, 0.5) is 0 Å². The summed E-state index contributed by atoms with van der Waals surface area (Å²) in [5.74, 6) is 0.0586. The first-order valence-electron chi connectivity index (χ1n) is 5.46. The molecule has 0 unspecified atom stereocenters. The summed E-state index contributed by atoms with van der Waals surface area (Å²) in [7, 11) is 0. The fraction of sp³-hybridized carbons (Fsp3) is 0.0714. The van der Waals surface area contributed by atoms with Crippen molar-refractivity contribution >= 4 is 28.1 Å². The number of rotatable bonds is 2. The molecule has 2 heterocycles. The summed E-state index contributed by atoms with van der Waals surface area (Å²) in [6.07, 6.45) is 1.55. The highest BCUT2D eigenvalue weighted by molar-refractivity contribution is 7.12. The van der Waals surface area contributed by atoms with Crippen LogP contribution in [0.1, 0.15) is 20.8 Å². The molecule has 0 fully saturated rings. The van der Waals surface area contributed by atoms with E-state index in [1.54, 1.807) is 18.4 Å². The summed E-state index contributed by atoms with van der Waals surface area (Å²) in [5.41, 5.74) is 1.76. The molecule has 4 heteroatoms. The molecule has 3 rings (SSSR count). The molecule has 3 aromatic rings. The quantitative estimate of drug-likeness (QED) is 0.712. The van der Waals surface area contributed by atoms with Crippen molar-refractivity contribution < 1.29 is 14.3 Å². The van der Waals surface area contributed by atoms with E-state index in [9.17, 15) is 9.90 Å². The molecule has 1 aromatic carbocycles. The van der Waals surface area contributed by atoms with Crippen molar-refractivity contribution in [2.75, 3.05) is 0 Å². The van der Waals surface area contributed by atoms with Crippen molar-refractivity contribution in [2.45, 2.75) is 6.92 Å². The zero-order valence-corrected chi connectivity index (χ0v) is 10.5. The summed E-state index contributed by atoms with van der Waals surface area (Å²) in [6, 6.07) is 6.75. The Balaban J connectivity index is 2.25. The zero-order valence-electron chi connectivity index (χ0n) is 9.64. The van der Waals surface area contributed by atoms with Crippen molar-refractivity contribution in [1.82, 2.24) is 0 Å². The molecule has 0 saturated carbocycles. The molecule has 0 bridgehead atoms. The lowest BCUT2D eigenvalue weighted by atomic mass is 10.0. The molecule has 0 aliphatic rings. The van der Waals surface area contributed by atoms with Crippen LogP contribution in [-0.4, -0.2) is 10.9 Å². The second-order valence-electron chi connectivity index (χ2n) is 4.06. The van der Waals surface area contributed by atoms with Crippen molar-refractivity contribution in [3.63, 3.8) is 0 Å². The van der Waals surface area contributed by atoms with Gasteiger partial charge in [-0.2, -0.15) is 0 Å². The van der Waals surface area contributed by atoms with E-state index in [-0.39, 0.29) is 11.5 Å². The average Bonchev–Trinajstić information content (AvgIpc) is 2.99. The lowest BCUT2D eigenvalue weighted by Gasteiger charge is -2.01. The Morgan fingerprint density at radius 2 is 2.17 bits per heavy atom. The molecule has 0 radical (unpaired) electrons. The topological polar surface area (TPSA) is 50.4 Å². The molecule has 2 aromatic heterocycles. The number of aromatic hydroxyl groups is 1. The molecular formula is C14H10O3S. The van der Waals surface area contributed by atoms with E-state index in [1.807, 2.05) is 18.4 Å². The van der Waals surface area contributed by atoms with Gasteiger partial charge < -0.3 is 9.52 Å². The molecule has 0 atom stereocenters. The van der Waals surface area contributed by atoms with Gasteiger partial charge in [-0.05, 0) is 36.1 Å². The maximum atomic E-state index is 12.3. The van der Waals surface area contributed by atoms with E-state index in [4.69, 9.17) is 4.42 Å². The summed E-state index contributed by atoms with van der Waals surface area (Å²) in [6.45, 7) is 1.84. The van der Waals surface area contributed by atoms with Crippen LogP contribution in [0.3, 0.4) is 0 Å². The smallest absolute Gasteiger partial charge is 0.206 e. The van der Waals surface area contributed by atoms with Crippen LogP contribution in [0.5, 0.6) is 5.75 Å². The van der Waals surface area contributed by atoms with E-state index in [0.29, 0.717) is 21.4 Å². The van der Waals surface area contributed by atoms with Crippen molar-refractivity contribution in [2.24, 2.45) is 0 Å². The summed E-state index contributed by atoms with van der Waals surface area (Å²) in [4.78, 5) is 13.0. The number of phenols is 1. The number of thiophene rings is 1. The Morgan fingerprint density at radius 1 is 1.33 bits per heavy atom. The molecule has 3 nitrogen and oxygen atoms in total. The van der Waals surface area contributed by atoms with Gasteiger partial charge in [-0.3, -0.25) is 4.79 Å². The van der Waals surface area contributed by atoms with Crippen LogP contribution >= 0.6 is 11.3 Å².